The van der Waals surface area contributed by atoms with E-state index in [-0.39, 0.29) is 12.5 Å². The van der Waals surface area contributed by atoms with E-state index in [9.17, 15) is 15.0 Å². The number of unbranched alkanes of at least 4 members (excludes halogenated alkanes) is 12. The van der Waals surface area contributed by atoms with Crippen molar-refractivity contribution >= 4 is 5.91 Å². The fourth-order valence-corrected chi connectivity index (χ4v) is 4.20. The Balaban J connectivity index is 3.88. The van der Waals surface area contributed by atoms with Gasteiger partial charge in [-0.2, -0.15) is 0 Å². The van der Waals surface area contributed by atoms with Crippen LogP contribution in [0.15, 0.2) is 60.8 Å². The second kappa shape index (κ2) is 30.6. The average Bonchev–Trinajstić information content (AvgIpc) is 2.94. The number of carbonyl (C=O) groups is 1. The van der Waals surface area contributed by atoms with Crippen LogP contribution in [0.2, 0.25) is 0 Å². The maximum absolute atomic E-state index is 12.2. The zero-order valence-electron chi connectivity index (χ0n) is 25.4. The molecule has 0 bridgehead atoms. The molecule has 0 saturated carbocycles. The topological polar surface area (TPSA) is 69.6 Å². The number of hydrogen-bond acceptors (Lipinski definition) is 3. The van der Waals surface area contributed by atoms with Crippen molar-refractivity contribution in [2.24, 2.45) is 0 Å². The van der Waals surface area contributed by atoms with E-state index in [0.717, 1.165) is 38.5 Å². The third kappa shape index (κ3) is 27.4. The molecule has 0 spiro atoms. The molecule has 0 heterocycles. The van der Waals surface area contributed by atoms with Crippen molar-refractivity contribution in [1.82, 2.24) is 5.32 Å². The molecule has 4 heteroatoms. The van der Waals surface area contributed by atoms with Gasteiger partial charge < -0.3 is 15.5 Å². The minimum Gasteiger partial charge on any atom is -0.394 e. The van der Waals surface area contributed by atoms with E-state index < -0.39 is 12.1 Å². The summed E-state index contributed by atoms with van der Waals surface area (Å²) in [5.41, 5.74) is 0. The highest BCUT2D eigenvalue weighted by Crippen LogP contribution is 2.08. The average molecular weight is 544 g/mol. The largest absolute Gasteiger partial charge is 0.394 e. The molecule has 1 amide bonds. The van der Waals surface area contributed by atoms with Crippen LogP contribution in [0.25, 0.3) is 0 Å². The predicted molar refractivity (Wildman–Crippen MR) is 170 cm³/mol. The number of aliphatic hydroxyl groups is 2. The molecule has 0 fully saturated rings. The van der Waals surface area contributed by atoms with Gasteiger partial charge in [0.15, 0.2) is 0 Å². The zero-order chi connectivity index (χ0) is 28.7. The molecule has 3 N–H and O–H groups in total. The number of allylic oxidation sites excluding steroid dienone is 9. The van der Waals surface area contributed by atoms with E-state index >= 15 is 0 Å². The van der Waals surface area contributed by atoms with Crippen molar-refractivity contribution in [3.63, 3.8) is 0 Å². The van der Waals surface area contributed by atoms with E-state index in [2.05, 4.69) is 61.7 Å². The highest BCUT2D eigenvalue weighted by Gasteiger charge is 2.17. The van der Waals surface area contributed by atoms with E-state index in [1.165, 1.54) is 70.6 Å². The van der Waals surface area contributed by atoms with Crippen molar-refractivity contribution in [3.8, 4) is 0 Å². The molecule has 39 heavy (non-hydrogen) atoms. The van der Waals surface area contributed by atoms with Crippen molar-refractivity contribution in [1.29, 1.82) is 0 Å². The smallest absolute Gasteiger partial charge is 0.220 e. The van der Waals surface area contributed by atoms with Crippen LogP contribution in [-0.4, -0.2) is 34.9 Å². The van der Waals surface area contributed by atoms with E-state index in [0.29, 0.717) is 12.8 Å². The van der Waals surface area contributed by atoms with Crippen LogP contribution in [0.3, 0.4) is 0 Å². The van der Waals surface area contributed by atoms with Crippen molar-refractivity contribution in [2.45, 2.75) is 148 Å². The lowest BCUT2D eigenvalue weighted by Crippen LogP contribution is -2.45. The molecule has 224 valence electrons. The fourth-order valence-electron chi connectivity index (χ4n) is 4.20. The Kier molecular flexibility index (Phi) is 29.1. The molecular formula is C35H61NO3. The predicted octanol–water partition coefficient (Wildman–Crippen LogP) is 9.06. The molecule has 0 radical (unpaired) electrons. The maximum atomic E-state index is 12.2. The minimum absolute atomic E-state index is 0.150. The molecule has 0 aliphatic carbocycles. The second-order valence-corrected chi connectivity index (χ2v) is 10.5. The summed E-state index contributed by atoms with van der Waals surface area (Å²) in [5.74, 6) is -0.150. The third-order valence-corrected chi connectivity index (χ3v) is 6.71. The van der Waals surface area contributed by atoms with Gasteiger partial charge in [-0.05, 0) is 64.2 Å². The standard InChI is InChI=1S/C35H61NO3/c1-3-5-7-9-11-13-15-17-19-20-22-24-26-28-30-34(38)33(32-37)36-35(39)31-29-27-25-23-21-18-16-14-12-10-8-6-4-2/h13,15,18,20-22,25,27-28,30,33-34,37-38H,3-12,14,16-17,19,23-24,26,29,31-32H2,1-2H3,(H,36,39)/b15-13+,21-18-,22-20+,27-25-,30-28+. The van der Waals surface area contributed by atoms with Crippen molar-refractivity contribution in [3.05, 3.63) is 60.8 Å². The first-order valence-electron chi connectivity index (χ1n) is 16.0. The van der Waals surface area contributed by atoms with Crippen LogP contribution in [-0.2, 0) is 4.79 Å². The molecular weight excluding hydrogens is 482 g/mol. The summed E-state index contributed by atoms with van der Waals surface area (Å²) in [6, 6.07) is -0.674. The lowest BCUT2D eigenvalue weighted by atomic mass is 10.1. The van der Waals surface area contributed by atoms with Gasteiger partial charge in [0.25, 0.3) is 0 Å². The molecule has 0 aliphatic heterocycles. The van der Waals surface area contributed by atoms with Crippen LogP contribution in [0.4, 0.5) is 0 Å². The monoisotopic (exact) mass is 543 g/mol. The summed E-state index contributed by atoms with van der Waals surface area (Å²) >= 11 is 0. The Hall–Kier alpha value is -1.91. The molecule has 0 saturated heterocycles. The summed E-state index contributed by atoms with van der Waals surface area (Å²) in [7, 11) is 0. The quantitative estimate of drug-likeness (QED) is 0.0715. The number of hydrogen-bond donors (Lipinski definition) is 3. The highest BCUT2D eigenvalue weighted by molar-refractivity contribution is 5.76. The highest BCUT2D eigenvalue weighted by atomic mass is 16.3. The van der Waals surface area contributed by atoms with Gasteiger partial charge in [-0.1, -0.05) is 126 Å². The fraction of sp³-hybridized carbons (Fsp3) is 0.686. The van der Waals surface area contributed by atoms with Crippen molar-refractivity contribution < 1.29 is 15.0 Å². The molecule has 2 unspecified atom stereocenters. The normalized spacial score (nSPS) is 14.1. The zero-order valence-corrected chi connectivity index (χ0v) is 25.4. The number of amides is 1. The Morgan fingerprint density at radius 1 is 0.615 bits per heavy atom. The van der Waals surface area contributed by atoms with Crippen LogP contribution in [0.5, 0.6) is 0 Å². The Labute approximate surface area is 241 Å². The number of aliphatic hydroxyl groups excluding tert-OH is 2. The Bertz CT molecular complexity index is 677. The van der Waals surface area contributed by atoms with Crippen LogP contribution < -0.4 is 5.32 Å². The van der Waals surface area contributed by atoms with E-state index in [1.807, 2.05) is 12.2 Å². The molecule has 0 aliphatic rings. The Morgan fingerprint density at radius 3 is 1.67 bits per heavy atom. The maximum Gasteiger partial charge on any atom is 0.220 e. The van der Waals surface area contributed by atoms with Gasteiger partial charge in [0.1, 0.15) is 0 Å². The van der Waals surface area contributed by atoms with Gasteiger partial charge in [-0.3, -0.25) is 4.79 Å². The number of nitrogens with one attached hydrogen (secondary N) is 1. The second-order valence-electron chi connectivity index (χ2n) is 10.5. The summed E-state index contributed by atoms with van der Waals surface area (Å²) in [6.45, 7) is 4.20. The van der Waals surface area contributed by atoms with Gasteiger partial charge in [0.2, 0.25) is 5.91 Å². The van der Waals surface area contributed by atoms with Crippen LogP contribution in [0.1, 0.15) is 136 Å². The van der Waals surface area contributed by atoms with E-state index in [4.69, 9.17) is 0 Å². The lowest BCUT2D eigenvalue weighted by molar-refractivity contribution is -0.122. The number of rotatable bonds is 27. The molecule has 4 nitrogen and oxygen atoms in total. The first-order valence-corrected chi connectivity index (χ1v) is 16.0. The SMILES string of the molecule is CCCCCC/C=C/CC/C=C/CC/C=C/C(O)C(CO)NC(=O)CC/C=C\C/C=C\CCCCCCCC. The summed E-state index contributed by atoms with van der Waals surface area (Å²) < 4.78 is 0. The van der Waals surface area contributed by atoms with Gasteiger partial charge in [-0.15, -0.1) is 0 Å². The molecule has 2 atom stereocenters. The first kappa shape index (κ1) is 37.1. The van der Waals surface area contributed by atoms with Crippen molar-refractivity contribution in [2.75, 3.05) is 6.61 Å². The lowest BCUT2D eigenvalue weighted by Gasteiger charge is -2.19. The van der Waals surface area contributed by atoms with Crippen LogP contribution in [0, 0.1) is 0 Å². The van der Waals surface area contributed by atoms with Gasteiger partial charge >= 0.3 is 0 Å². The molecule has 0 aromatic heterocycles. The van der Waals surface area contributed by atoms with Gasteiger partial charge in [0, 0.05) is 6.42 Å². The third-order valence-electron chi connectivity index (χ3n) is 6.71. The minimum atomic E-state index is -0.891. The molecule has 0 aromatic rings. The summed E-state index contributed by atoms with van der Waals surface area (Å²) in [6.07, 6.45) is 41.6. The summed E-state index contributed by atoms with van der Waals surface area (Å²) in [4.78, 5) is 12.2. The van der Waals surface area contributed by atoms with Gasteiger partial charge in [-0.25, -0.2) is 0 Å². The van der Waals surface area contributed by atoms with E-state index in [1.54, 1.807) is 6.08 Å². The molecule has 0 aromatic carbocycles. The molecule has 0 rings (SSSR count). The Morgan fingerprint density at radius 2 is 1.08 bits per heavy atom. The summed E-state index contributed by atoms with van der Waals surface area (Å²) in [5, 5.41) is 22.7. The van der Waals surface area contributed by atoms with Crippen LogP contribution >= 0.6 is 0 Å². The first-order chi connectivity index (χ1) is 19.2. The van der Waals surface area contributed by atoms with Gasteiger partial charge in [0.05, 0.1) is 18.8 Å². The number of carbonyl (C=O) groups excluding carboxylic acids is 1.